The smallest absolute Gasteiger partial charge is 0.0991 e. The molecule has 0 heterocycles. The van der Waals surface area contributed by atoms with Crippen molar-refractivity contribution < 1.29 is 0 Å². The van der Waals surface area contributed by atoms with Crippen LogP contribution in [0.4, 0.5) is 0 Å². The Balaban J connectivity index is 0.000000148. The van der Waals surface area contributed by atoms with E-state index in [-0.39, 0.29) is 0 Å². The van der Waals surface area contributed by atoms with E-state index < -0.39 is 0 Å². The van der Waals surface area contributed by atoms with Crippen molar-refractivity contribution in [3.8, 4) is 40.2 Å². The van der Waals surface area contributed by atoms with Gasteiger partial charge in [0.05, 0.1) is 11.6 Å². The van der Waals surface area contributed by atoms with Gasteiger partial charge in [-0.25, -0.2) is 0 Å². The van der Waals surface area contributed by atoms with Crippen LogP contribution < -0.4 is 0 Å². The maximum absolute atomic E-state index is 9.17. The van der Waals surface area contributed by atoms with Gasteiger partial charge in [0.25, 0.3) is 0 Å². The van der Waals surface area contributed by atoms with E-state index in [1.807, 2.05) is 12.1 Å². The van der Waals surface area contributed by atoms with Crippen molar-refractivity contribution in [3.63, 3.8) is 0 Å². The first-order valence-electron chi connectivity index (χ1n) is 17.9. The Bertz CT molecular complexity index is 2530. The summed E-state index contributed by atoms with van der Waals surface area (Å²) in [7, 11) is 0. The molecule has 0 aliphatic rings. The molecule has 0 aliphatic carbocycles. The molecule has 1 heteroatoms. The van der Waals surface area contributed by atoms with Crippen molar-refractivity contribution in [1.29, 1.82) is 5.26 Å². The highest BCUT2D eigenvalue weighted by Crippen LogP contribution is 2.35. The lowest BCUT2D eigenvalue weighted by Gasteiger charge is -2.11. The second-order valence-electron chi connectivity index (χ2n) is 13.3. The van der Waals surface area contributed by atoms with Gasteiger partial charge in [-0.2, -0.15) is 5.26 Å². The fourth-order valence-corrected chi connectivity index (χ4v) is 6.48. The highest BCUT2D eigenvalue weighted by molar-refractivity contribution is 6.25. The third-order valence-corrected chi connectivity index (χ3v) is 9.19. The first-order valence-corrected chi connectivity index (χ1v) is 17.9. The molecule has 8 aromatic rings. The van der Waals surface area contributed by atoms with Crippen molar-refractivity contribution in [3.05, 3.63) is 191 Å². The summed E-state index contributed by atoms with van der Waals surface area (Å²) in [6.07, 6.45) is 0.891. The zero-order chi connectivity index (χ0) is 36.5. The minimum Gasteiger partial charge on any atom is -0.192 e. The maximum Gasteiger partial charge on any atom is 0.0991 e. The number of nitriles is 1. The van der Waals surface area contributed by atoms with E-state index >= 15 is 0 Å². The van der Waals surface area contributed by atoms with Crippen LogP contribution in [0.1, 0.15) is 46.7 Å². The van der Waals surface area contributed by atoms with Crippen molar-refractivity contribution in [2.24, 2.45) is 0 Å². The van der Waals surface area contributed by atoms with Gasteiger partial charge in [-0.1, -0.05) is 174 Å². The molecule has 0 saturated heterocycles. The zero-order valence-electron chi connectivity index (χ0n) is 30.7. The molecule has 0 fully saturated rings. The highest BCUT2D eigenvalue weighted by atomic mass is 14.2. The molecule has 8 aromatic carbocycles. The lowest BCUT2D eigenvalue weighted by Crippen LogP contribution is -1.85. The predicted octanol–water partition coefficient (Wildman–Crippen LogP) is 13.7. The van der Waals surface area contributed by atoms with E-state index in [0.717, 1.165) is 17.4 Å². The van der Waals surface area contributed by atoms with Gasteiger partial charge in [0.15, 0.2) is 0 Å². The van der Waals surface area contributed by atoms with E-state index in [9.17, 15) is 0 Å². The number of nitrogens with zero attached hydrogens (tertiary/aromatic N) is 1. The Kier molecular flexibility index (Phi) is 11.3. The largest absolute Gasteiger partial charge is 0.192 e. The summed E-state index contributed by atoms with van der Waals surface area (Å²) >= 11 is 0. The highest BCUT2D eigenvalue weighted by Gasteiger charge is 2.09. The number of rotatable bonds is 2. The molecule has 0 atom stereocenters. The molecular weight excluding hydrogens is 627 g/mol. The van der Waals surface area contributed by atoms with Crippen LogP contribution in [0.5, 0.6) is 0 Å². The average molecular weight is 670 g/mol. The van der Waals surface area contributed by atoms with Crippen LogP contribution >= 0.6 is 0 Å². The first-order chi connectivity index (χ1) is 25.3. The fourth-order valence-electron chi connectivity index (χ4n) is 6.48. The van der Waals surface area contributed by atoms with Crippen LogP contribution in [-0.2, 0) is 0 Å². The second-order valence-corrected chi connectivity index (χ2v) is 13.3. The molecule has 0 saturated carbocycles. The zero-order valence-corrected chi connectivity index (χ0v) is 30.7. The van der Waals surface area contributed by atoms with E-state index in [0.29, 0.717) is 5.56 Å². The summed E-state index contributed by atoms with van der Waals surface area (Å²) in [6.45, 7) is 10.5. The standard InChI is InChI=1S/C23H20.C20H13N.C8H10/c1-3-4-5-19-8-12-21(13-9-19)23-16-14-22(15-17-23)20-10-6-18(2)7-11-20;1-13-6-8-17-18-9-7-14(12-21)11-20(18)16-5-3-2-4-15(16)19(17)10-13;1-7-4-3-5-8(2)6-7/h6-17H,3H2,1-2H3;2-11H,1H3;3-6H,1-2H3. The quantitative estimate of drug-likeness (QED) is 0.133. The first kappa shape index (κ1) is 35.4. The van der Waals surface area contributed by atoms with Gasteiger partial charge in [-0.05, 0) is 107 Å². The Labute approximate surface area is 308 Å². The molecule has 0 aromatic heterocycles. The number of hydrogen-bond acceptors (Lipinski definition) is 1. The number of benzene rings is 8. The number of aryl methyl sites for hydroxylation is 4. The monoisotopic (exact) mass is 669 g/mol. The molecule has 0 N–H and O–H groups in total. The predicted molar refractivity (Wildman–Crippen MR) is 224 cm³/mol. The fraction of sp³-hybridized carbons (Fsp3) is 0.118. The Morgan fingerprint density at radius 1 is 0.385 bits per heavy atom. The molecule has 8 rings (SSSR count). The minimum atomic E-state index is 0.708. The van der Waals surface area contributed by atoms with Gasteiger partial charge in [0.1, 0.15) is 0 Å². The summed E-state index contributed by atoms with van der Waals surface area (Å²) in [5.74, 6) is 6.26. The van der Waals surface area contributed by atoms with Gasteiger partial charge in [-0.15, -0.1) is 0 Å². The topological polar surface area (TPSA) is 23.8 Å². The second kappa shape index (κ2) is 16.5. The minimum absolute atomic E-state index is 0.708. The molecule has 0 bridgehead atoms. The van der Waals surface area contributed by atoms with E-state index in [2.05, 4.69) is 198 Å². The average Bonchev–Trinajstić information content (AvgIpc) is 3.18. The summed E-state index contributed by atoms with van der Waals surface area (Å²) in [5.41, 5.74) is 12.0. The summed E-state index contributed by atoms with van der Waals surface area (Å²) < 4.78 is 0. The van der Waals surface area contributed by atoms with E-state index in [1.165, 1.54) is 71.4 Å². The van der Waals surface area contributed by atoms with Crippen LogP contribution in [0, 0.1) is 50.9 Å². The Hall–Kier alpha value is -6.41. The van der Waals surface area contributed by atoms with Crippen molar-refractivity contribution >= 4 is 32.3 Å². The Morgan fingerprint density at radius 2 is 0.808 bits per heavy atom. The lowest BCUT2D eigenvalue weighted by atomic mass is 9.92. The van der Waals surface area contributed by atoms with Gasteiger partial charge >= 0.3 is 0 Å². The van der Waals surface area contributed by atoms with Crippen LogP contribution in [0.3, 0.4) is 0 Å². The normalized spacial score (nSPS) is 10.3. The van der Waals surface area contributed by atoms with E-state index in [1.54, 1.807) is 0 Å². The summed E-state index contributed by atoms with van der Waals surface area (Å²) in [5, 5.41) is 16.5. The van der Waals surface area contributed by atoms with Crippen molar-refractivity contribution in [2.75, 3.05) is 0 Å². The number of hydrogen-bond donors (Lipinski definition) is 0. The van der Waals surface area contributed by atoms with Crippen molar-refractivity contribution in [1.82, 2.24) is 0 Å². The van der Waals surface area contributed by atoms with Crippen LogP contribution in [0.2, 0.25) is 0 Å². The third-order valence-electron chi connectivity index (χ3n) is 9.19. The SMILES string of the molecule is CCC#Cc1ccc(-c2ccc(-c3ccc(C)cc3)cc2)cc1.Cc1ccc2c3ccc(C#N)cc3c3ccccc3c2c1.Cc1cccc(C)c1. The molecule has 52 heavy (non-hydrogen) atoms. The molecule has 0 aliphatic heterocycles. The molecule has 0 unspecified atom stereocenters. The molecule has 0 spiro atoms. The summed E-state index contributed by atoms with van der Waals surface area (Å²) in [4.78, 5) is 0. The maximum atomic E-state index is 9.17. The third kappa shape index (κ3) is 8.47. The summed E-state index contributed by atoms with van der Waals surface area (Å²) in [6, 6.07) is 57.5. The van der Waals surface area contributed by atoms with Gasteiger partial charge in [-0.3, -0.25) is 0 Å². The lowest BCUT2D eigenvalue weighted by molar-refractivity contribution is 1.28. The number of fused-ring (bicyclic) bond motifs is 6. The van der Waals surface area contributed by atoms with Gasteiger partial charge < -0.3 is 0 Å². The molecule has 0 radical (unpaired) electrons. The molecule has 0 amide bonds. The van der Waals surface area contributed by atoms with Crippen LogP contribution in [0.15, 0.2) is 158 Å². The molecular formula is C51H43N. The van der Waals surface area contributed by atoms with Crippen LogP contribution in [0.25, 0.3) is 54.6 Å². The van der Waals surface area contributed by atoms with Gasteiger partial charge in [0, 0.05) is 12.0 Å². The molecule has 1 nitrogen and oxygen atoms in total. The Morgan fingerprint density at radius 3 is 1.31 bits per heavy atom. The van der Waals surface area contributed by atoms with Crippen LogP contribution in [-0.4, -0.2) is 0 Å². The van der Waals surface area contributed by atoms with E-state index in [4.69, 9.17) is 5.26 Å². The van der Waals surface area contributed by atoms with Gasteiger partial charge in [0.2, 0.25) is 0 Å². The van der Waals surface area contributed by atoms with Crippen molar-refractivity contribution in [2.45, 2.75) is 41.0 Å². The molecule has 252 valence electrons.